The summed E-state index contributed by atoms with van der Waals surface area (Å²) in [4.78, 5) is 21.4. The van der Waals surface area contributed by atoms with E-state index in [1.165, 1.54) is 0 Å². The molecule has 4 rings (SSSR count). The van der Waals surface area contributed by atoms with Crippen LogP contribution in [0.2, 0.25) is 5.02 Å². The molecule has 1 N–H and O–H groups in total. The smallest absolute Gasteiger partial charge is 0.225 e. The second-order valence-corrected chi connectivity index (χ2v) is 6.53. The van der Waals surface area contributed by atoms with E-state index >= 15 is 0 Å². The van der Waals surface area contributed by atoms with Crippen molar-refractivity contribution in [3.8, 4) is 5.69 Å². The van der Waals surface area contributed by atoms with Crippen LogP contribution in [-0.2, 0) is 11.3 Å². The molecule has 136 valence electrons. The number of anilines is 1. The summed E-state index contributed by atoms with van der Waals surface area (Å²) in [6.07, 6.45) is 2.85. The van der Waals surface area contributed by atoms with Crippen LogP contribution in [0.5, 0.6) is 0 Å². The van der Waals surface area contributed by atoms with E-state index in [4.69, 9.17) is 16.6 Å². The van der Waals surface area contributed by atoms with Gasteiger partial charge in [0.25, 0.3) is 0 Å². The molecule has 0 saturated carbocycles. The number of hydrogen-bond donors (Lipinski definition) is 1. The summed E-state index contributed by atoms with van der Waals surface area (Å²) in [6, 6.07) is 11.1. The fourth-order valence-corrected chi connectivity index (χ4v) is 3.21. The van der Waals surface area contributed by atoms with Gasteiger partial charge in [0.15, 0.2) is 5.82 Å². The van der Waals surface area contributed by atoms with Crippen molar-refractivity contribution in [1.29, 1.82) is 0 Å². The van der Waals surface area contributed by atoms with Crippen molar-refractivity contribution in [2.45, 2.75) is 26.3 Å². The van der Waals surface area contributed by atoms with Gasteiger partial charge in [0.1, 0.15) is 24.4 Å². The number of pyridine rings is 1. The third-order valence-corrected chi connectivity index (χ3v) is 4.56. The normalized spacial score (nSPS) is 12.6. The highest BCUT2D eigenvalue weighted by Crippen LogP contribution is 2.27. The van der Waals surface area contributed by atoms with Gasteiger partial charge >= 0.3 is 0 Å². The van der Waals surface area contributed by atoms with Gasteiger partial charge in [-0.3, -0.25) is 14.4 Å². The fraction of sp³-hybridized carbons (Fsp3) is 0.211. The first-order chi connectivity index (χ1) is 13.2. The lowest BCUT2D eigenvalue weighted by Crippen LogP contribution is -2.15. The number of amides is 1. The standard InChI is InChI=1S/C19H17ClN6O/c1-2-5-17(27)23-15-9-8-14-19(24-15)18(12-6-3-4-7-13(12)20)21-10-16-25-22-11-26(14)16/h3-4,6-9,11H,2,5,10H2,1H3,(H,23,24,27). The minimum absolute atomic E-state index is 0.0696. The molecule has 1 aliphatic rings. The van der Waals surface area contributed by atoms with Crippen molar-refractivity contribution in [2.75, 3.05) is 5.32 Å². The maximum atomic E-state index is 12.0. The molecule has 1 aliphatic heterocycles. The number of nitrogens with one attached hydrogen (secondary N) is 1. The van der Waals surface area contributed by atoms with Crippen LogP contribution in [0.3, 0.4) is 0 Å². The molecule has 3 aromatic rings. The first-order valence-electron chi connectivity index (χ1n) is 8.67. The molecule has 0 aliphatic carbocycles. The third kappa shape index (κ3) is 3.33. The minimum Gasteiger partial charge on any atom is -0.311 e. The van der Waals surface area contributed by atoms with E-state index in [9.17, 15) is 4.79 Å². The highest BCUT2D eigenvalue weighted by molar-refractivity contribution is 6.35. The lowest BCUT2D eigenvalue weighted by atomic mass is 10.1. The third-order valence-electron chi connectivity index (χ3n) is 4.23. The average Bonchev–Trinajstić information content (AvgIpc) is 3.06. The zero-order valence-electron chi connectivity index (χ0n) is 14.7. The molecular weight excluding hydrogens is 364 g/mol. The number of hydrogen-bond acceptors (Lipinski definition) is 5. The van der Waals surface area contributed by atoms with Gasteiger partial charge in [-0.25, -0.2) is 4.98 Å². The fourth-order valence-electron chi connectivity index (χ4n) is 2.98. The minimum atomic E-state index is -0.0696. The molecule has 2 aromatic heterocycles. The number of aromatic nitrogens is 4. The van der Waals surface area contributed by atoms with Crippen LogP contribution in [0.25, 0.3) is 5.69 Å². The first kappa shape index (κ1) is 17.4. The molecular formula is C19H17ClN6O. The maximum absolute atomic E-state index is 12.0. The molecule has 0 fully saturated rings. The van der Waals surface area contributed by atoms with Crippen molar-refractivity contribution in [2.24, 2.45) is 4.99 Å². The van der Waals surface area contributed by atoms with Crippen molar-refractivity contribution >= 4 is 29.0 Å². The van der Waals surface area contributed by atoms with Crippen LogP contribution in [0.15, 0.2) is 47.7 Å². The Hall–Kier alpha value is -3.06. The quantitative estimate of drug-likeness (QED) is 0.751. The van der Waals surface area contributed by atoms with Crippen molar-refractivity contribution in [1.82, 2.24) is 19.7 Å². The molecule has 27 heavy (non-hydrogen) atoms. The number of fused-ring (bicyclic) bond motifs is 3. The SMILES string of the molecule is CCCC(=O)Nc1ccc2c(n1)C(c1ccccc1Cl)=NCc1nncn1-2. The highest BCUT2D eigenvalue weighted by Gasteiger charge is 2.23. The number of halogens is 1. The topological polar surface area (TPSA) is 85.1 Å². The Morgan fingerprint density at radius 1 is 1.26 bits per heavy atom. The van der Waals surface area contributed by atoms with Gasteiger partial charge in [-0.05, 0) is 24.6 Å². The molecule has 0 spiro atoms. The Labute approximate surface area is 161 Å². The van der Waals surface area contributed by atoms with Crippen LogP contribution in [0.1, 0.15) is 36.8 Å². The van der Waals surface area contributed by atoms with Gasteiger partial charge in [-0.15, -0.1) is 10.2 Å². The lowest BCUT2D eigenvalue weighted by molar-refractivity contribution is -0.116. The van der Waals surface area contributed by atoms with Gasteiger partial charge in [0.2, 0.25) is 5.91 Å². The van der Waals surface area contributed by atoms with Gasteiger partial charge in [0.05, 0.1) is 16.4 Å². The summed E-state index contributed by atoms with van der Waals surface area (Å²) >= 11 is 6.41. The Kier molecular flexibility index (Phi) is 4.68. The molecule has 7 nitrogen and oxygen atoms in total. The van der Waals surface area contributed by atoms with Crippen molar-refractivity contribution < 1.29 is 4.79 Å². The van der Waals surface area contributed by atoms with Crippen LogP contribution in [0, 0.1) is 0 Å². The van der Waals surface area contributed by atoms with E-state index in [0.29, 0.717) is 41.0 Å². The van der Waals surface area contributed by atoms with Gasteiger partial charge in [-0.1, -0.05) is 36.7 Å². The molecule has 0 bridgehead atoms. The van der Waals surface area contributed by atoms with E-state index in [2.05, 4.69) is 20.5 Å². The van der Waals surface area contributed by atoms with Crippen LogP contribution >= 0.6 is 11.6 Å². The van der Waals surface area contributed by atoms with E-state index < -0.39 is 0 Å². The highest BCUT2D eigenvalue weighted by atomic mass is 35.5. The van der Waals surface area contributed by atoms with Gasteiger partial charge in [-0.2, -0.15) is 0 Å². The molecule has 1 aromatic carbocycles. The predicted octanol–water partition coefficient (Wildman–Crippen LogP) is 3.41. The number of carbonyl (C=O) groups is 1. The Morgan fingerprint density at radius 2 is 2.11 bits per heavy atom. The van der Waals surface area contributed by atoms with Crippen LogP contribution in [0.4, 0.5) is 5.82 Å². The number of carbonyl (C=O) groups excluding carboxylic acids is 1. The Balaban J connectivity index is 1.86. The average molecular weight is 381 g/mol. The second kappa shape index (κ2) is 7.28. The van der Waals surface area contributed by atoms with Crippen LogP contribution < -0.4 is 5.32 Å². The molecule has 1 amide bonds. The van der Waals surface area contributed by atoms with Crippen molar-refractivity contribution in [3.05, 3.63) is 64.8 Å². The molecule has 0 atom stereocenters. The number of rotatable bonds is 4. The Bertz CT molecular complexity index is 1040. The maximum Gasteiger partial charge on any atom is 0.225 e. The molecule has 0 radical (unpaired) electrons. The summed E-state index contributed by atoms with van der Waals surface area (Å²) in [5.74, 6) is 1.12. The van der Waals surface area contributed by atoms with Crippen molar-refractivity contribution in [3.63, 3.8) is 0 Å². The first-order valence-corrected chi connectivity index (χ1v) is 9.05. The molecule has 3 heterocycles. The predicted molar refractivity (Wildman–Crippen MR) is 103 cm³/mol. The number of aliphatic imine (C=N–C) groups is 1. The second-order valence-electron chi connectivity index (χ2n) is 6.12. The number of nitrogens with zero attached hydrogens (tertiary/aromatic N) is 5. The monoisotopic (exact) mass is 380 g/mol. The largest absolute Gasteiger partial charge is 0.311 e. The van der Waals surface area contributed by atoms with E-state index in [-0.39, 0.29) is 5.91 Å². The summed E-state index contributed by atoms with van der Waals surface area (Å²) in [7, 11) is 0. The number of benzene rings is 1. The summed E-state index contributed by atoms with van der Waals surface area (Å²) in [5.41, 5.74) is 2.85. The van der Waals surface area contributed by atoms with Gasteiger partial charge in [0, 0.05) is 12.0 Å². The zero-order chi connectivity index (χ0) is 18.8. The van der Waals surface area contributed by atoms with Crippen LogP contribution in [-0.4, -0.2) is 31.4 Å². The summed E-state index contributed by atoms with van der Waals surface area (Å²) in [6.45, 7) is 2.31. The summed E-state index contributed by atoms with van der Waals surface area (Å²) < 4.78 is 1.85. The molecule has 8 heteroatoms. The Morgan fingerprint density at radius 3 is 2.93 bits per heavy atom. The van der Waals surface area contributed by atoms with E-state index in [0.717, 1.165) is 17.7 Å². The van der Waals surface area contributed by atoms with Gasteiger partial charge < -0.3 is 5.32 Å². The van der Waals surface area contributed by atoms with E-state index in [1.54, 1.807) is 12.4 Å². The molecule has 0 saturated heterocycles. The lowest BCUT2D eigenvalue weighted by Gasteiger charge is -2.13. The van der Waals surface area contributed by atoms with E-state index in [1.807, 2.05) is 41.8 Å². The summed E-state index contributed by atoms with van der Waals surface area (Å²) in [5, 5.41) is 11.5. The zero-order valence-corrected chi connectivity index (χ0v) is 15.4. The molecule has 0 unspecified atom stereocenters.